The van der Waals surface area contributed by atoms with Crippen LogP contribution in [0.5, 0.6) is 11.5 Å². The van der Waals surface area contributed by atoms with Crippen molar-refractivity contribution in [1.82, 2.24) is 4.98 Å². The number of nitrogens with zero attached hydrogens (tertiary/aromatic N) is 2. The van der Waals surface area contributed by atoms with Crippen LogP contribution in [0.4, 0.5) is 16.5 Å². The average Bonchev–Trinajstić information content (AvgIpc) is 3.11. The van der Waals surface area contributed by atoms with Crippen molar-refractivity contribution in [3.8, 4) is 22.8 Å². The molecule has 0 atom stereocenters. The van der Waals surface area contributed by atoms with Gasteiger partial charge in [0.25, 0.3) is 0 Å². The number of rotatable bonds is 7. The number of aromatic nitrogens is 1. The highest BCUT2D eigenvalue weighted by Gasteiger charge is 2.17. The Bertz CT molecular complexity index is 909. The Morgan fingerprint density at radius 2 is 2.00 bits per heavy atom. The van der Waals surface area contributed by atoms with Crippen LogP contribution in [-0.2, 0) is 0 Å². The molecule has 0 radical (unpaired) electrons. The quantitative estimate of drug-likeness (QED) is 0.471. The monoisotopic (exact) mass is 371 g/mol. The number of anilines is 2. The summed E-state index contributed by atoms with van der Waals surface area (Å²) in [6, 6.07) is 12.4. The summed E-state index contributed by atoms with van der Waals surface area (Å²) in [6.07, 6.45) is 0. The summed E-state index contributed by atoms with van der Waals surface area (Å²) in [6.45, 7) is 2.56. The lowest BCUT2D eigenvalue weighted by atomic mass is 10.1. The van der Waals surface area contributed by atoms with Crippen molar-refractivity contribution < 1.29 is 14.4 Å². The Hall–Kier alpha value is -3.13. The SMILES string of the molecule is CCOc1ccc(Nc2nc(-c3ccc(OC)c([N+](=O)[O-])c3)cs2)cc1. The van der Waals surface area contributed by atoms with Gasteiger partial charge >= 0.3 is 5.69 Å². The maximum Gasteiger partial charge on any atom is 0.311 e. The molecule has 2 aromatic carbocycles. The van der Waals surface area contributed by atoms with E-state index in [9.17, 15) is 10.1 Å². The molecule has 3 aromatic rings. The first kappa shape index (κ1) is 17.7. The lowest BCUT2D eigenvalue weighted by Crippen LogP contribution is -1.94. The van der Waals surface area contributed by atoms with Gasteiger partial charge in [0.1, 0.15) is 5.75 Å². The van der Waals surface area contributed by atoms with E-state index in [0.29, 0.717) is 23.0 Å². The zero-order valence-corrected chi connectivity index (χ0v) is 15.1. The van der Waals surface area contributed by atoms with Crippen molar-refractivity contribution >= 4 is 27.8 Å². The topological polar surface area (TPSA) is 86.5 Å². The Morgan fingerprint density at radius 3 is 2.65 bits per heavy atom. The van der Waals surface area contributed by atoms with E-state index in [1.807, 2.05) is 36.6 Å². The van der Waals surface area contributed by atoms with Crippen LogP contribution < -0.4 is 14.8 Å². The normalized spacial score (nSPS) is 10.4. The second kappa shape index (κ2) is 7.83. The van der Waals surface area contributed by atoms with Crippen molar-refractivity contribution in [2.45, 2.75) is 6.92 Å². The van der Waals surface area contributed by atoms with E-state index in [2.05, 4.69) is 10.3 Å². The van der Waals surface area contributed by atoms with Crippen LogP contribution in [0.1, 0.15) is 6.92 Å². The lowest BCUT2D eigenvalue weighted by molar-refractivity contribution is -0.385. The highest BCUT2D eigenvalue weighted by atomic mass is 32.1. The Morgan fingerprint density at radius 1 is 1.23 bits per heavy atom. The standard InChI is InChI=1S/C18H17N3O4S/c1-3-25-14-7-5-13(6-8-14)19-18-20-15(11-26-18)12-4-9-17(24-2)16(10-12)21(22)23/h4-11H,3H2,1-2H3,(H,19,20). The minimum absolute atomic E-state index is 0.0842. The van der Waals surface area contributed by atoms with Crippen molar-refractivity contribution in [1.29, 1.82) is 0 Å². The average molecular weight is 371 g/mol. The van der Waals surface area contributed by atoms with Crippen molar-refractivity contribution in [3.63, 3.8) is 0 Å². The number of ether oxygens (including phenoxy) is 2. The van der Waals surface area contributed by atoms with Crippen LogP contribution in [0.3, 0.4) is 0 Å². The number of hydrogen-bond acceptors (Lipinski definition) is 7. The molecule has 0 spiro atoms. The molecule has 26 heavy (non-hydrogen) atoms. The van der Waals surface area contributed by atoms with Gasteiger partial charge in [0.05, 0.1) is 24.3 Å². The van der Waals surface area contributed by atoms with Crippen LogP contribution in [0.25, 0.3) is 11.3 Å². The molecule has 7 nitrogen and oxygen atoms in total. The molecular weight excluding hydrogens is 354 g/mol. The third-order valence-corrected chi connectivity index (χ3v) is 4.35. The molecule has 1 N–H and O–H groups in total. The van der Waals surface area contributed by atoms with Crippen molar-refractivity contribution in [2.75, 3.05) is 19.0 Å². The molecule has 0 saturated carbocycles. The number of methoxy groups -OCH3 is 1. The molecule has 0 amide bonds. The van der Waals surface area contributed by atoms with Gasteiger partial charge in [-0.15, -0.1) is 11.3 Å². The number of nitro groups is 1. The summed E-state index contributed by atoms with van der Waals surface area (Å²) in [7, 11) is 1.41. The zero-order chi connectivity index (χ0) is 18.5. The van der Waals surface area contributed by atoms with Crippen LogP contribution in [0, 0.1) is 10.1 Å². The fraction of sp³-hybridized carbons (Fsp3) is 0.167. The Labute approximate surface area is 154 Å². The van der Waals surface area contributed by atoms with Gasteiger partial charge < -0.3 is 14.8 Å². The van der Waals surface area contributed by atoms with Crippen LogP contribution >= 0.6 is 11.3 Å². The third-order valence-electron chi connectivity index (χ3n) is 3.59. The number of thiazole rings is 1. The van der Waals surface area contributed by atoms with Gasteiger partial charge in [0.2, 0.25) is 0 Å². The van der Waals surface area contributed by atoms with Gasteiger partial charge in [-0.1, -0.05) is 0 Å². The van der Waals surface area contributed by atoms with E-state index in [1.165, 1.54) is 24.5 Å². The summed E-state index contributed by atoms with van der Waals surface area (Å²) in [4.78, 5) is 15.2. The minimum Gasteiger partial charge on any atom is -0.494 e. The van der Waals surface area contributed by atoms with E-state index >= 15 is 0 Å². The molecule has 1 aromatic heterocycles. The summed E-state index contributed by atoms with van der Waals surface area (Å²) in [5.41, 5.74) is 2.12. The molecule has 0 aliphatic rings. The first-order chi connectivity index (χ1) is 12.6. The second-order valence-electron chi connectivity index (χ2n) is 5.26. The van der Waals surface area contributed by atoms with Crippen LogP contribution in [-0.4, -0.2) is 23.6 Å². The maximum atomic E-state index is 11.2. The van der Waals surface area contributed by atoms with Crippen LogP contribution in [0.2, 0.25) is 0 Å². The van der Waals surface area contributed by atoms with E-state index in [-0.39, 0.29) is 11.4 Å². The number of nitrogens with one attached hydrogen (secondary N) is 1. The van der Waals surface area contributed by atoms with Gasteiger partial charge in [-0.05, 0) is 43.3 Å². The summed E-state index contributed by atoms with van der Waals surface area (Å²) in [5.74, 6) is 1.03. The third kappa shape index (κ3) is 3.92. The highest BCUT2D eigenvalue weighted by Crippen LogP contribution is 2.34. The summed E-state index contributed by atoms with van der Waals surface area (Å²) < 4.78 is 10.4. The number of nitro benzene ring substituents is 1. The molecule has 3 rings (SSSR count). The van der Waals surface area contributed by atoms with Gasteiger partial charge in [0.15, 0.2) is 10.9 Å². The predicted octanol–water partition coefficient (Wildman–Crippen LogP) is 4.87. The molecule has 0 aliphatic heterocycles. The molecule has 0 fully saturated rings. The Kier molecular flexibility index (Phi) is 5.33. The summed E-state index contributed by atoms with van der Waals surface area (Å²) >= 11 is 1.42. The Balaban J connectivity index is 1.79. The lowest BCUT2D eigenvalue weighted by Gasteiger charge is -2.05. The minimum atomic E-state index is -0.464. The second-order valence-corrected chi connectivity index (χ2v) is 6.12. The maximum absolute atomic E-state index is 11.2. The molecule has 8 heteroatoms. The van der Waals surface area contributed by atoms with Crippen molar-refractivity contribution in [2.24, 2.45) is 0 Å². The van der Waals surface area contributed by atoms with E-state index < -0.39 is 4.92 Å². The molecular formula is C18H17N3O4S. The van der Waals surface area contributed by atoms with Crippen molar-refractivity contribution in [3.05, 3.63) is 58.0 Å². The van der Waals surface area contributed by atoms with Gasteiger partial charge in [-0.3, -0.25) is 10.1 Å². The van der Waals surface area contributed by atoms with E-state index in [1.54, 1.807) is 12.1 Å². The van der Waals surface area contributed by atoms with Crippen LogP contribution in [0.15, 0.2) is 47.8 Å². The fourth-order valence-corrected chi connectivity index (χ4v) is 3.12. The smallest absolute Gasteiger partial charge is 0.311 e. The largest absolute Gasteiger partial charge is 0.494 e. The number of benzene rings is 2. The predicted molar refractivity (Wildman–Crippen MR) is 102 cm³/mol. The molecule has 0 bridgehead atoms. The van der Waals surface area contributed by atoms with E-state index in [4.69, 9.17) is 9.47 Å². The highest BCUT2D eigenvalue weighted by molar-refractivity contribution is 7.14. The van der Waals surface area contributed by atoms with Gasteiger partial charge in [0, 0.05) is 22.7 Å². The first-order valence-corrected chi connectivity index (χ1v) is 8.77. The van der Waals surface area contributed by atoms with Gasteiger partial charge in [-0.25, -0.2) is 4.98 Å². The molecule has 0 saturated heterocycles. The molecule has 0 unspecified atom stereocenters. The first-order valence-electron chi connectivity index (χ1n) is 7.89. The molecule has 1 heterocycles. The van der Waals surface area contributed by atoms with E-state index in [0.717, 1.165) is 11.4 Å². The number of hydrogen-bond donors (Lipinski definition) is 1. The zero-order valence-electron chi connectivity index (χ0n) is 14.3. The molecule has 0 aliphatic carbocycles. The fourth-order valence-electron chi connectivity index (χ4n) is 2.38. The summed E-state index contributed by atoms with van der Waals surface area (Å²) in [5, 5.41) is 16.9. The van der Waals surface area contributed by atoms with Gasteiger partial charge in [-0.2, -0.15) is 0 Å². The molecule has 134 valence electrons.